The van der Waals surface area contributed by atoms with Crippen LogP contribution in [-0.2, 0) is 75.0 Å². The highest BCUT2D eigenvalue weighted by Crippen LogP contribution is 2.09. The predicted octanol–water partition coefficient (Wildman–Crippen LogP) is 1.93. The SMILES string of the molecule is CC(C)OC(=O)CSOC(=S)OCCn1c(=O)n(CCOC(=S)OSCC(=O)OC(C)C)c(=O)n(CCOC(=S)OSCC(=O)OC(C)C)c1=O. The largest absolute Gasteiger partial charge is 0.462 e. The van der Waals surface area contributed by atoms with Crippen LogP contribution in [0.25, 0.3) is 0 Å². The highest BCUT2D eigenvalue weighted by molar-refractivity contribution is 7.97. The fourth-order valence-electron chi connectivity index (χ4n) is 3.26. The van der Waals surface area contributed by atoms with Crippen LogP contribution in [0.4, 0.5) is 0 Å². The molecule has 0 aliphatic carbocycles. The molecule has 1 aromatic rings. The van der Waals surface area contributed by atoms with E-state index in [2.05, 4.69) is 0 Å². The standard InChI is InChI=1S/C27H39N3O15S6/c1-16(2)40-19(31)13-49-43-25(46)37-10-7-28-22(34)29(8-11-38-26(47)44-50-14-20(32)41-17(3)4)24(36)30(23(28)35)9-12-39-27(48)45-51-15-21(33)42-18(5)6/h16-18H,7-15H2,1-6H3. The highest BCUT2D eigenvalue weighted by atomic mass is 32.2. The molecule has 24 heteroatoms. The first-order valence-corrected chi connectivity index (χ1v) is 18.9. The van der Waals surface area contributed by atoms with Crippen molar-refractivity contribution in [2.45, 2.75) is 79.5 Å². The normalized spacial score (nSPS) is 10.8. The van der Waals surface area contributed by atoms with Crippen LogP contribution in [-0.4, -0.2) is 103 Å². The zero-order valence-electron chi connectivity index (χ0n) is 28.5. The Morgan fingerprint density at radius 1 is 0.510 bits per heavy atom. The summed E-state index contributed by atoms with van der Waals surface area (Å²) in [6, 6.07) is 0. The molecular formula is C27H39N3O15S6. The number of esters is 3. The van der Waals surface area contributed by atoms with Crippen molar-refractivity contribution in [2.75, 3.05) is 37.1 Å². The van der Waals surface area contributed by atoms with Crippen molar-refractivity contribution in [3.63, 3.8) is 0 Å². The maximum Gasteiger partial charge on any atom is 0.364 e. The summed E-state index contributed by atoms with van der Waals surface area (Å²) in [5.74, 6) is -2.11. The summed E-state index contributed by atoms with van der Waals surface area (Å²) < 4.78 is 48.1. The lowest BCUT2D eigenvalue weighted by atomic mass is 10.5. The minimum absolute atomic E-state index is 0.170. The number of carbonyl (C=O) groups is 3. The molecule has 1 rings (SSSR count). The maximum absolute atomic E-state index is 13.3. The van der Waals surface area contributed by atoms with Gasteiger partial charge in [0.25, 0.3) is 0 Å². The third kappa shape index (κ3) is 19.9. The van der Waals surface area contributed by atoms with Gasteiger partial charge in [-0.3, -0.25) is 14.4 Å². The van der Waals surface area contributed by atoms with Crippen molar-refractivity contribution < 1.29 is 55.4 Å². The van der Waals surface area contributed by atoms with Gasteiger partial charge < -0.3 is 41.0 Å². The second-order valence-electron chi connectivity index (χ2n) is 10.3. The summed E-state index contributed by atoms with van der Waals surface area (Å²) in [5, 5.41) is -1.14. The molecule has 0 aliphatic rings. The fourth-order valence-corrected chi connectivity index (χ4v) is 5.04. The first kappa shape index (κ1) is 46.0. The third-order valence-electron chi connectivity index (χ3n) is 5.00. The molecule has 0 atom stereocenters. The van der Waals surface area contributed by atoms with Crippen molar-refractivity contribution in [1.29, 1.82) is 0 Å². The molecule has 1 aromatic heterocycles. The first-order valence-electron chi connectivity index (χ1n) is 14.9. The summed E-state index contributed by atoms with van der Waals surface area (Å²) in [6.45, 7) is 8.01. The zero-order valence-corrected chi connectivity index (χ0v) is 33.4. The molecule has 0 unspecified atom stereocenters. The molecule has 288 valence electrons. The monoisotopic (exact) mass is 837 g/mol. The van der Waals surface area contributed by atoms with Gasteiger partial charge in [-0.2, -0.15) is 0 Å². The van der Waals surface area contributed by atoms with Crippen molar-refractivity contribution in [3.8, 4) is 0 Å². The van der Waals surface area contributed by atoms with E-state index >= 15 is 0 Å². The molecule has 0 spiro atoms. The Balaban J connectivity index is 2.95. The van der Waals surface area contributed by atoms with Gasteiger partial charge >= 0.3 is 50.7 Å². The van der Waals surface area contributed by atoms with Crippen LogP contribution in [0.1, 0.15) is 41.5 Å². The van der Waals surface area contributed by atoms with Crippen LogP contribution >= 0.6 is 72.8 Å². The number of nitrogens with zero attached hydrogens (tertiary/aromatic N) is 3. The van der Waals surface area contributed by atoms with E-state index in [9.17, 15) is 28.8 Å². The number of ether oxygens (including phenoxy) is 6. The Labute approximate surface area is 322 Å². The van der Waals surface area contributed by atoms with E-state index in [1.165, 1.54) is 0 Å². The van der Waals surface area contributed by atoms with Crippen LogP contribution in [0.2, 0.25) is 0 Å². The molecule has 1 heterocycles. The van der Waals surface area contributed by atoms with Crippen LogP contribution < -0.4 is 17.1 Å². The molecule has 0 amide bonds. The Bertz CT molecular complexity index is 1320. The Morgan fingerprint density at radius 2 is 0.745 bits per heavy atom. The molecule has 0 N–H and O–H groups in total. The molecule has 0 fully saturated rings. The quantitative estimate of drug-likeness (QED) is 0.0752. The van der Waals surface area contributed by atoms with Gasteiger partial charge in [0.1, 0.15) is 37.1 Å². The minimum Gasteiger partial charge on any atom is -0.462 e. The number of aromatic nitrogens is 3. The molecule has 51 heavy (non-hydrogen) atoms. The van der Waals surface area contributed by atoms with Crippen LogP contribution in [0.5, 0.6) is 0 Å². The van der Waals surface area contributed by atoms with Crippen LogP contribution in [0.3, 0.4) is 0 Å². The molecule has 0 bridgehead atoms. The van der Waals surface area contributed by atoms with Crippen molar-refractivity contribution in [2.24, 2.45) is 0 Å². The third-order valence-corrected chi connectivity index (χ3v) is 7.79. The number of hydrogen-bond acceptors (Lipinski definition) is 21. The van der Waals surface area contributed by atoms with Gasteiger partial charge in [-0.15, -0.1) is 0 Å². The lowest BCUT2D eigenvalue weighted by Gasteiger charge is -2.15. The van der Waals surface area contributed by atoms with E-state index in [4.69, 9.17) is 77.6 Å². The first-order chi connectivity index (χ1) is 24.0. The van der Waals surface area contributed by atoms with Gasteiger partial charge in [0.15, 0.2) is 0 Å². The summed E-state index contributed by atoms with van der Waals surface area (Å²) in [5.41, 5.74) is -3.02. The van der Waals surface area contributed by atoms with E-state index in [0.29, 0.717) is 49.8 Å². The van der Waals surface area contributed by atoms with Crippen molar-refractivity contribution >= 4 is 106 Å². The van der Waals surface area contributed by atoms with E-state index in [1.807, 2.05) is 0 Å². The van der Waals surface area contributed by atoms with E-state index < -0.39 is 35.0 Å². The summed E-state index contributed by atoms with van der Waals surface area (Å²) in [7, 11) is 0. The summed E-state index contributed by atoms with van der Waals surface area (Å²) in [6.07, 6.45) is -0.926. The molecule has 0 radical (unpaired) electrons. The number of rotatable bonds is 21. The topological polar surface area (TPSA) is 200 Å². The van der Waals surface area contributed by atoms with Gasteiger partial charge in [-0.25, -0.2) is 28.1 Å². The van der Waals surface area contributed by atoms with Gasteiger partial charge in [0.05, 0.1) is 74.1 Å². The Morgan fingerprint density at radius 3 is 0.961 bits per heavy atom. The van der Waals surface area contributed by atoms with Crippen molar-refractivity contribution in [1.82, 2.24) is 13.7 Å². The molecule has 0 aliphatic heterocycles. The summed E-state index contributed by atoms with van der Waals surface area (Å²) >= 11 is 16.9. The summed E-state index contributed by atoms with van der Waals surface area (Å²) in [4.78, 5) is 74.7. The molecule has 0 aromatic carbocycles. The predicted molar refractivity (Wildman–Crippen MR) is 199 cm³/mol. The Kier molecular flexibility index (Phi) is 22.5. The van der Waals surface area contributed by atoms with Gasteiger partial charge in [-0.05, 0) is 41.5 Å². The van der Waals surface area contributed by atoms with Crippen LogP contribution in [0.15, 0.2) is 14.4 Å². The van der Waals surface area contributed by atoms with Crippen molar-refractivity contribution in [3.05, 3.63) is 31.5 Å². The van der Waals surface area contributed by atoms with Gasteiger partial charge in [-0.1, -0.05) is 0 Å². The lowest BCUT2D eigenvalue weighted by molar-refractivity contribution is -0.145. The lowest BCUT2D eigenvalue weighted by Crippen LogP contribution is -2.55. The number of carbonyl (C=O) groups excluding carboxylic acids is 3. The van der Waals surface area contributed by atoms with E-state index in [-0.39, 0.29) is 90.7 Å². The fraction of sp³-hybridized carbons (Fsp3) is 0.667. The molecular weight excluding hydrogens is 799 g/mol. The van der Waals surface area contributed by atoms with Gasteiger partial charge in [0, 0.05) is 36.7 Å². The van der Waals surface area contributed by atoms with Gasteiger partial charge in [0.2, 0.25) is 0 Å². The smallest absolute Gasteiger partial charge is 0.364 e. The number of hydrogen-bond donors (Lipinski definition) is 0. The average molecular weight is 838 g/mol. The second kappa shape index (κ2) is 25.0. The van der Waals surface area contributed by atoms with Crippen LogP contribution in [0, 0.1) is 0 Å². The molecule has 18 nitrogen and oxygen atoms in total. The average Bonchev–Trinajstić information content (AvgIpc) is 3.01. The van der Waals surface area contributed by atoms with E-state index in [0.717, 1.165) is 0 Å². The highest BCUT2D eigenvalue weighted by Gasteiger charge is 2.18. The molecule has 0 saturated carbocycles. The maximum atomic E-state index is 13.3. The second-order valence-corrected chi connectivity index (χ2v) is 13.3. The van der Waals surface area contributed by atoms with E-state index in [1.54, 1.807) is 41.5 Å². The minimum atomic E-state index is -1.01. The number of thiocarbonyl (C=S) groups is 3. The zero-order chi connectivity index (χ0) is 38.5. The Hall–Kier alpha value is -3.06. The molecule has 0 saturated heterocycles.